The van der Waals surface area contributed by atoms with Crippen molar-refractivity contribution in [1.82, 2.24) is 14.7 Å². The second-order valence-electron chi connectivity index (χ2n) is 13.1. The van der Waals surface area contributed by atoms with Crippen molar-refractivity contribution in [3.63, 3.8) is 0 Å². The number of hydrogen-bond donors (Lipinski definition) is 2. The number of nitrogens with one attached hydrogen (secondary N) is 2. The molecule has 13 heteroatoms. The summed E-state index contributed by atoms with van der Waals surface area (Å²) in [7, 11) is 0. The lowest BCUT2D eigenvalue weighted by atomic mass is 10.1. The lowest BCUT2D eigenvalue weighted by Gasteiger charge is -2.21. The smallest absolute Gasteiger partial charge is 0.437 e. The quantitative estimate of drug-likeness (QED) is 0.143. The molecule has 2 amide bonds. The van der Waals surface area contributed by atoms with Crippen LogP contribution in [0, 0.1) is 0 Å². The van der Waals surface area contributed by atoms with Gasteiger partial charge in [-0.3, -0.25) is 10.1 Å². The number of ether oxygens (including phenoxy) is 4. The van der Waals surface area contributed by atoms with Crippen molar-refractivity contribution in [1.29, 1.82) is 0 Å². The zero-order chi connectivity index (χ0) is 33.6. The number of rotatable bonds is 6. The molecule has 0 spiro atoms. The SMILES string of the molecule is CC(C)(C)OC(=O)CCc1ccc(OC(=O)c2ccc(N/C(=N/C(=O)OC(C)(C)C)NC(=O)OC(C)(C)C)cc2)c2nccn12. The number of nitrogens with zero attached hydrogens (tertiary/aromatic N) is 3. The molecule has 242 valence electrons. The van der Waals surface area contributed by atoms with Gasteiger partial charge in [0.25, 0.3) is 0 Å². The van der Waals surface area contributed by atoms with Gasteiger partial charge in [0.15, 0.2) is 11.4 Å². The minimum absolute atomic E-state index is 0.182. The molecule has 2 heterocycles. The van der Waals surface area contributed by atoms with Crippen molar-refractivity contribution >= 4 is 41.4 Å². The molecule has 0 aliphatic carbocycles. The maximum Gasteiger partial charge on any atom is 0.437 e. The van der Waals surface area contributed by atoms with Crippen molar-refractivity contribution < 1.29 is 38.1 Å². The molecular weight excluding hydrogens is 582 g/mol. The van der Waals surface area contributed by atoms with Crippen molar-refractivity contribution in [3.8, 4) is 5.75 Å². The predicted molar refractivity (Wildman–Crippen MR) is 167 cm³/mol. The summed E-state index contributed by atoms with van der Waals surface area (Å²) in [4.78, 5) is 58.0. The van der Waals surface area contributed by atoms with Gasteiger partial charge in [0.2, 0.25) is 5.96 Å². The van der Waals surface area contributed by atoms with E-state index < -0.39 is 35.0 Å². The molecular formula is C32H41N5O8. The van der Waals surface area contributed by atoms with E-state index in [2.05, 4.69) is 20.6 Å². The molecule has 3 rings (SSSR count). The molecule has 0 saturated carbocycles. The fraction of sp³-hybridized carbons (Fsp3) is 0.438. The van der Waals surface area contributed by atoms with Crippen LogP contribution in [0.4, 0.5) is 15.3 Å². The van der Waals surface area contributed by atoms with Gasteiger partial charge in [-0.2, -0.15) is 0 Å². The molecule has 2 aromatic heterocycles. The van der Waals surface area contributed by atoms with Gasteiger partial charge in [-0.15, -0.1) is 4.99 Å². The van der Waals surface area contributed by atoms with E-state index in [1.807, 2.05) is 20.8 Å². The molecule has 0 atom stereocenters. The first kappa shape index (κ1) is 34.5. The third-order valence-electron chi connectivity index (χ3n) is 5.40. The highest BCUT2D eigenvalue weighted by molar-refractivity contribution is 6.06. The van der Waals surface area contributed by atoms with Gasteiger partial charge in [-0.05, 0) is 105 Å². The van der Waals surface area contributed by atoms with Crippen LogP contribution in [0.1, 0.15) is 84.8 Å². The van der Waals surface area contributed by atoms with E-state index in [0.29, 0.717) is 17.8 Å². The number of amides is 2. The van der Waals surface area contributed by atoms with Gasteiger partial charge in [-0.25, -0.2) is 19.4 Å². The predicted octanol–water partition coefficient (Wildman–Crippen LogP) is 6.06. The normalized spacial score (nSPS) is 12.3. The van der Waals surface area contributed by atoms with E-state index in [1.54, 1.807) is 82.6 Å². The molecule has 0 radical (unpaired) electrons. The molecule has 0 aliphatic heterocycles. The minimum atomic E-state index is -0.928. The van der Waals surface area contributed by atoms with Gasteiger partial charge >= 0.3 is 24.1 Å². The van der Waals surface area contributed by atoms with E-state index in [9.17, 15) is 19.2 Å². The van der Waals surface area contributed by atoms with Gasteiger partial charge < -0.3 is 28.7 Å². The molecule has 0 saturated heterocycles. The molecule has 2 N–H and O–H groups in total. The fourth-order valence-corrected chi connectivity index (χ4v) is 3.80. The van der Waals surface area contributed by atoms with Crippen LogP contribution in [0.25, 0.3) is 5.65 Å². The van der Waals surface area contributed by atoms with Crippen molar-refractivity contribution in [3.05, 3.63) is 60.0 Å². The number of aliphatic imine (C=N–C) groups is 1. The number of guanidine groups is 1. The third kappa shape index (κ3) is 11.6. The molecule has 0 bridgehead atoms. The zero-order valence-corrected chi connectivity index (χ0v) is 27.1. The Morgan fingerprint density at radius 3 is 2.04 bits per heavy atom. The van der Waals surface area contributed by atoms with Crippen LogP contribution in [-0.4, -0.2) is 56.3 Å². The van der Waals surface area contributed by atoms with Gasteiger partial charge in [0.05, 0.1) is 12.0 Å². The van der Waals surface area contributed by atoms with E-state index in [1.165, 1.54) is 12.1 Å². The average Bonchev–Trinajstić information content (AvgIpc) is 3.36. The van der Waals surface area contributed by atoms with Crippen molar-refractivity contribution in [2.75, 3.05) is 5.32 Å². The molecule has 45 heavy (non-hydrogen) atoms. The molecule has 3 aromatic rings. The Bertz CT molecular complexity index is 1570. The Morgan fingerprint density at radius 1 is 0.822 bits per heavy atom. The van der Waals surface area contributed by atoms with Crippen LogP contribution in [0.2, 0.25) is 0 Å². The van der Waals surface area contributed by atoms with Crippen LogP contribution in [-0.2, 0) is 25.4 Å². The van der Waals surface area contributed by atoms with Crippen LogP contribution in [0.3, 0.4) is 0 Å². The standard InChI is InChI=1S/C32H41N5O8/c1-30(2,3)43-24(38)17-15-22-14-16-23(25-33-18-19-37(22)25)42-26(39)20-10-12-21(13-11-20)34-27(35-28(40)44-31(4,5)6)36-29(41)45-32(7,8)9/h10-14,16,18-19H,15,17H2,1-9H3,(H2,34,35,36,40,41). The van der Waals surface area contributed by atoms with E-state index in [4.69, 9.17) is 18.9 Å². The number of hydrogen-bond acceptors (Lipinski definition) is 9. The summed E-state index contributed by atoms with van der Waals surface area (Å²) < 4.78 is 23.3. The lowest BCUT2D eigenvalue weighted by molar-refractivity contribution is -0.154. The number of carbonyl (C=O) groups is 4. The van der Waals surface area contributed by atoms with Crippen LogP contribution >= 0.6 is 0 Å². The first-order chi connectivity index (χ1) is 20.8. The number of aryl methyl sites for hydroxylation is 1. The number of aromatic nitrogens is 2. The Hall–Kier alpha value is -4.94. The lowest BCUT2D eigenvalue weighted by Crippen LogP contribution is -2.40. The Balaban J connectivity index is 1.72. The summed E-state index contributed by atoms with van der Waals surface area (Å²) in [6.45, 7) is 15.6. The monoisotopic (exact) mass is 623 g/mol. The zero-order valence-electron chi connectivity index (χ0n) is 27.1. The summed E-state index contributed by atoms with van der Waals surface area (Å²) in [5, 5.41) is 5.23. The molecule has 0 aliphatic rings. The summed E-state index contributed by atoms with van der Waals surface area (Å²) in [5.74, 6) is -0.945. The summed E-state index contributed by atoms with van der Waals surface area (Å²) in [6, 6.07) is 9.48. The third-order valence-corrected chi connectivity index (χ3v) is 5.40. The first-order valence-electron chi connectivity index (χ1n) is 14.4. The van der Waals surface area contributed by atoms with Crippen molar-refractivity contribution in [2.45, 2.75) is 92.0 Å². The second-order valence-corrected chi connectivity index (χ2v) is 13.1. The summed E-state index contributed by atoms with van der Waals surface area (Å²) >= 11 is 0. The van der Waals surface area contributed by atoms with E-state index >= 15 is 0 Å². The maximum absolute atomic E-state index is 13.0. The number of benzene rings is 1. The Kier molecular flexibility index (Phi) is 10.6. The number of alkyl carbamates (subject to hydrolysis) is 1. The van der Waals surface area contributed by atoms with Crippen LogP contribution in [0.15, 0.2) is 53.8 Å². The highest BCUT2D eigenvalue weighted by atomic mass is 16.6. The van der Waals surface area contributed by atoms with E-state index in [0.717, 1.165) is 5.69 Å². The maximum atomic E-state index is 13.0. The largest absolute Gasteiger partial charge is 0.460 e. The summed E-state index contributed by atoms with van der Waals surface area (Å²) in [5.41, 5.74) is -0.319. The van der Waals surface area contributed by atoms with Crippen molar-refractivity contribution in [2.24, 2.45) is 4.99 Å². The number of carbonyl (C=O) groups excluding carboxylic acids is 4. The number of imidazole rings is 1. The van der Waals surface area contributed by atoms with Gasteiger partial charge in [0.1, 0.15) is 16.8 Å². The highest BCUT2D eigenvalue weighted by Gasteiger charge is 2.21. The minimum Gasteiger partial charge on any atom is -0.460 e. The molecule has 0 fully saturated rings. The Morgan fingerprint density at radius 2 is 1.44 bits per heavy atom. The molecule has 13 nitrogen and oxygen atoms in total. The van der Waals surface area contributed by atoms with Crippen LogP contribution in [0.5, 0.6) is 5.75 Å². The molecule has 0 unspecified atom stereocenters. The molecule has 1 aromatic carbocycles. The highest BCUT2D eigenvalue weighted by Crippen LogP contribution is 2.23. The Labute approximate surface area is 262 Å². The number of pyridine rings is 1. The average molecular weight is 624 g/mol. The number of anilines is 1. The van der Waals surface area contributed by atoms with Gasteiger partial charge in [0, 0.05) is 23.8 Å². The summed E-state index contributed by atoms with van der Waals surface area (Å²) in [6.07, 6.45) is 2.13. The number of fused-ring (bicyclic) bond motifs is 1. The fourth-order valence-electron chi connectivity index (χ4n) is 3.80. The van der Waals surface area contributed by atoms with E-state index in [-0.39, 0.29) is 29.7 Å². The second kappa shape index (κ2) is 13.8. The topological polar surface area (TPSA) is 159 Å². The first-order valence-corrected chi connectivity index (χ1v) is 14.4. The van der Waals surface area contributed by atoms with Gasteiger partial charge in [-0.1, -0.05) is 0 Å². The number of esters is 2. The van der Waals surface area contributed by atoms with Crippen LogP contribution < -0.4 is 15.4 Å².